The largest absolute Gasteiger partial charge is 0.387 e. The predicted molar refractivity (Wildman–Crippen MR) is 93.8 cm³/mol. The molecule has 1 aliphatic heterocycles. The van der Waals surface area contributed by atoms with Crippen LogP contribution >= 0.6 is 23.4 Å². The molecule has 3 N–H and O–H groups in total. The number of rotatable bonds is 6. The summed E-state index contributed by atoms with van der Waals surface area (Å²) in [6.45, 7) is 4.02. The van der Waals surface area contributed by atoms with E-state index in [0.29, 0.717) is 11.7 Å². The molecule has 1 atom stereocenters. The molecule has 0 spiro atoms. The van der Waals surface area contributed by atoms with E-state index in [-0.39, 0.29) is 0 Å². The van der Waals surface area contributed by atoms with Gasteiger partial charge in [0.25, 0.3) is 0 Å². The normalized spacial score (nSPS) is 21.9. The Bertz CT molecular complexity index is 489. The van der Waals surface area contributed by atoms with Crippen LogP contribution in [-0.4, -0.2) is 52.8 Å². The van der Waals surface area contributed by atoms with Gasteiger partial charge in [0.1, 0.15) is 5.15 Å². The second-order valence-corrected chi connectivity index (χ2v) is 6.88. The smallest absolute Gasteiger partial charge is 0.191 e. The second-order valence-electron chi connectivity index (χ2n) is 5.39. The molecule has 7 heteroatoms. The van der Waals surface area contributed by atoms with Gasteiger partial charge in [-0.25, -0.2) is 4.98 Å². The third kappa shape index (κ3) is 5.66. The number of pyridine rings is 1. The lowest BCUT2D eigenvalue weighted by Gasteiger charge is -2.19. The van der Waals surface area contributed by atoms with Crippen molar-refractivity contribution in [2.24, 2.45) is 4.99 Å². The van der Waals surface area contributed by atoms with Gasteiger partial charge in [-0.3, -0.25) is 4.99 Å². The summed E-state index contributed by atoms with van der Waals surface area (Å²) >= 11 is 7.56. The van der Waals surface area contributed by atoms with Gasteiger partial charge >= 0.3 is 0 Å². The fraction of sp³-hybridized carbons (Fsp3) is 0.600. The molecule has 1 fully saturated rings. The minimum atomic E-state index is -0.646. The van der Waals surface area contributed by atoms with Crippen LogP contribution in [0.15, 0.2) is 23.3 Å². The van der Waals surface area contributed by atoms with Gasteiger partial charge in [-0.2, -0.15) is 11.8 Å². The Hall–Kier alpha value is -0.980. The molecular weight excluding hydrogens is 320 g/mol. The highest BCUT2D eigenvalue weighted by molar-refractivity contribution is 7.99. The van der Waals surface area contributed by atoms with Crippen molar-refractivity contribution in [2.45, 2.75) is 25.4 Å². The number of nitrogens with one attached hydrogen (secondary N) is 2. The summed E-state index contributed by atoms with van der Waals surface area (Å²) < 4.78 is 0. The number of aliphatic hydroxyl groups is 1. The highest BCUT2D eigenvalue weighted by atomic mass is 35.5. The van der Waals surface area contributed by atoms with Crippen molar-refractivity contribution in [3.8, 4) is 0 Å². The fourth-order valence-electron chi connectivity index (χ4n) is 2.17. The maximum Gasteiger partial charge on any atom is 0.191 e. The molecule has 1 unspecified atom stereocenters. The summed E-state index contributed by atoms with van der Waals surface area (Å²) in [5.41, 5.74) is 0.478. The lowest BCUT2D eigenvalue weighted by atomic mass is 10.1. The summed E-state index contributed by atoms with van der Waals surface area (Å²) in [5, 5.41) is 17.3. The predicted octanol–water partition coefficient (Wildman–Crippen LogP) is 1.70. The van der Waals surface area contributed by atoms with Gasteiger partial charge in [0, 0.05) is 25.0 Å². The molecule has 0 aliphatic carbocycles. The first-order chi connectivity index (χ1) is 10.6. The van der Waals surface area contributed by atoms with E-state index in [1.165, 1.54) is 0 Å². The standard InChI is InChI=1S/C15H23ClN4OS/c1-2-17-14(20-10-15(21)6-8-22-11-15)18-7-5-12-3-4-13(16)19-9-12/h3-4,9,21H,2,5-8,10-11H2,1H3,(H2,17,18,20). The van der Waals surface area contributed by atoms with Crippen molar-refractivity contribution >= 4 is 29.3 Å². The van der Waals surface area contributed by atoms with E-state index in [1.54, 1.807) is 24.0 Å². The number of nitrogens with zero attached hydrogens (tertiary/aromatic N) is 2. The fourth-order valence-corrected chi connectivity index (χ4v) is 3.56. The van der Waals surface area contributed by atoms with Gasteiger partial charge in [0.2, 0.25) is 0 Å². The zero-order chi connectivity index (χ0) is 15.8. The van der Waals surface area contributed by atoms with Crippen molar-refractivity contribution < 1.29 is 5.11 Å². The Morgan fingerprint density at radius 3 is 3.00 bits per heavy atom. The van der Waals surface area contributed by atoms with Crippen LogP contribution < -0.4 is 10.6 Å². The van der Waals surface area contributed by atoms with Gasteiger partial charge in [0.05, 0.1) is 12.1 Å². The molecule has 0 bridgehead atoms. The van der Waals surface area contributed by atoms with Gasteiger partial charge in [0.15, 0.2) is 5.96 Å². The van der Waals surface area contributed by atoms with Gasteiger partial charge in [-0.15, -0.1) is 0 Å². The van der Waals surface area contributed by atoms with Gasteiger partial charge < -0.3 is 15.7 Å². The molecule has 1 aromatic rings. The number of hydrogen-bond acceptors (Lipinski definition) is 4. The van der Waals surface area contributed by atoms with Crippen LogP contribution in [0.3, 0.4) is 0 Å². The Morgan fingerprint density at radius 1 is 1.50 bits per heavy atom. The summed E-state index contributed by atoms with van der Waals surface area (Å²) in [4.78, 5) is 8.57. The van der Waals surface area contributed by atoms with Crippen LogP contribution in [0.4, 0.5) is 0 Å². The van der Waals surface area contributed by atoms with E-state index in [2.05, 4.69) is 20.6 Å². The second kappa shape index (κ2) is 8.60. The number of aliphatic imine (C=N–C) groups is 1. The average molecular weight is 343 g/mol. The van der Waals surface area contributed by atoms with E-state index in [0.717, 1.165) is 49.0 Å². The highest BCUT2D eigenvalue weighted by Crippen LogP contribution is 2.27. The van der Waals surface area contributed by atoms with Crippen molar-refractivity contribution in [1.29, 1.82) is 0 Å². The van der Waals surface area contributed by atoms with Crippen molar-refractivity contribution in [3.05, 3.63) is 29.0 Å². The molecule has 0 saturated carbocycles. The zero-order valence-electron chi connectivity index (χ0n) is 12.8. The molecule has 22 heavy (non-hydrogen) atoms. The van der Waals surface area contributed by atoms with Gasteiger partial charge in [-0.05, 0) is 37.1 Å². The molecule has 2 heterocycles. The number of guanidine groups is 1. The summed E-state index contributed by atoms with van der Waals surface area (Å²) in [6.07, 6.45) is 3.44. The van der Waals surface area contributed by atoms with Crippen LogP contribution in [0.25, 0.3) is 0 Å². The van der Waals surface area contributed by atoms with Crippen molar-refractivity contribution in [2.75, 3.05) is 31.1 Å². The third-order valence-corrected chi connectivity index (χ3v) is 4.91. The van der Waals surface area contributed by atoms with E-state index >= 15 is 0 Å². The first kappa shape index (κ1) is 17.4. The minimum absolute atomic E-state index is 0.442. The monoisotopic (exact) mass is 342 g/mol. The minimum Gasteiger partial charge on any atom is -0.387 e. The molecule has 122 valence electrons. The molecule has 0 amide bonds. The summed E-state index contributed by atoms with van der Waals surface area (Å²) in [5.74, 6) is 2.53. The number of thioether (sulfide) groups is 1. The number of aromatic nitrogens is 1. The average Bonchev–Trinajstić information content (AvgIpc) is 2.94. The first-order valence-corrected chi connectivity index (χ1v) is 9.07. The third-order valence-electron chi connectivity index (χ3n) is 3.45. The molecule has 2 rings (SSSR count). The number of hydrogen-bond donors (Lipinski definition) is 3. The van der Waals surface area contributed by atoms with E-state index in [9.17, 15) is 5.11 Å². The highest BCUT2D eigenvalue weighted by Gasteiger charge is 2.31. The molecule has 1 aliphatic rings. The van der Waals surface area contributed by atoms with Crippen molar-refractivity contribution in [1.82, 2.24) is 15.6 Å². The topological polar surface area (TPSA) is 69.5 Å². The number of halogens is 1. The molecule has 0 aromatic carbocycles. The maximum atomic E-state index is 10.3. The van der Waals surface area contributed by atoms with Crippen molar-refractivity contribution in [3.63, 3.8) is 0 Å². The Labute approximate surface area is 141 Å². The zero-order valence-corrected chi connectivity index (χ0v) is 14.4. The van der Waals surface area contributed by atoms with E-state index in [1.807, 2.05) is 13.0 Å². The van der Waals surface area contributed by atoms with Crippen LogP contribution in [0.2, 0.25) is 5.15 Å². The molecular formula is C15H23ClN4OS. The maximum absolute atomic E-state index is 10.3. The Kier molecular flexibility index (Phi) is 6.79. The molecule has 5 nitrogen and oxygen atoms in total. The molecule has 1 aromatic heterocycles. The van der Waals surface area contributed by atoms with Crippen LogP contribution in [0, 0.1) is 0 Å². The van der Waals surface area contributed by atoms with E-state index in [4.69, 9.17) is 11.6 Å². The first-order valence-electron chi connectivity index (χ1n) is 7.54. The van der Waals surface area contributed by atoms with E-state index < -0.39 is 5.60 Å². The van der Waals surface area contributed by atoms with Crippen LogP contribution in [-0.2, 0) is 6.42 Å². The lowest BCUT2D eigenvalue weighted by Crippen LogP contribution is -2.40. The van der Waals surface area contributed by atoms with Gasteiger partial charge in [-0.1, -0.05) is 17.7 Å². The Balaban J connectivity index is 1.81. The Morgan fingerprint density at radius 2 is 2.36 bits per heavy atom. The van der Waals surface area contributed by atoms with Crippen LogP contribution in [0.5, 0.6) is 0 Å². The lowest BCUT2D eigenvalue weighted by molar-refractivity contribution is 0.0778. The summed E-state index contributed by atoms with van der Waals surface area (Å²) in [7, 11) is 0. The molecule has 0 radical (unpaired) electrons. The SMILES string of the molecule is CCNC(=NCC1(O)CCSC1)NCCc1ccc(Cl)nc1. The summed E-state index contributed by atoms with van der Waals surface area (Å²) in [6, 6.07) is 3.77. The molecule has 1 saturated heterocycles. The quantitative estimate of drug-likeness (QED) is 0.417. The van der Waals surface area contributed by atoms with Crippen LogP contribution in [0.1, 0.15) is 18.9 Å².